The second kappa shape index (κ2) is 5.34. The summed E-state index contributed by atoms with van der Waals surface area (Å²) in [6, 6.07) is 12.8. The molecule has 0 saturated carbocycles. The minimum absolute atomic E-state index is 0.286. The van der Waals surface area contributed by atoms with Crippen molar-refractivity contribution in [2.24, 2.45) is 0 Å². The van der Waals surface area contributed by atoms with Gasteiger partial charge in [0.25, 0.3) is 0 Å². The quantitative estimate of drug-likeness (QED) is 0.653. The lowest BCUT2D eigenvalue weighted by molar-refractivity contribution is 0.475. The van der Waals surface area contributed by atoms with Crippen LogP contribution in [-0.4, -0.2) is 5.11 Å². The van der Waals surface area contributed by atoms with Crippen molar-refractivity contribution in [2.75, 3.05) is 5.73 Å². The van der Waals surface area contributed by atoms with Gasteiger partial charge in [-0.3, -0.25) is 0 Å². The molecule has 0 aromatic heterocycles. The number of phenols is 1. The van der Waals surface area contributed by atoms with Crippen LogP contribution < -0.4 is 5.73 Å². The van der Waals surface area contributed by atoms with Gasteiger partial charge >= 0.3 is 0 Å². The Morgan fingerprint density at radius 1 is 1.12 bits per heavy atom. The highest BCUT2D eigenvalue weighted by Gasteiger charge is 2.00. The number of nitrogens with two attached hydrogens (primary N) is 1. The van der Waals surface area contributed by atoms with Gasteiger partial charge in [-0.1, -0.05) is 23.7 Å². The first-order valence-corrected chi connectivity index (χ1v) is 6.47. The highest BCUT2D eigenvalue weighted by Crippen LogP contribution is 2.28. The molecule has 0 fully saturated rings. The SMILES string of the molecule is Nc1ccc(SCc2ccc(O)cc2)cc1Cl. The van der Waals surface area contributed by atoms with Gasteiger partial charge < -0.3 is 10.8 Å². The predicted octanol–water partition coefficient (Wildman–Crippen LogP) is 3.92. The Morgan fingerprint density at radius 3 is 2.47 bits per heavy atom. The zero-order valence-corrected chi connectivity index (χ0v) is 10.6. The summed E-state index contributed by atoms with van der Waals surface area (Å²) in [5.41, 5.74) is 7.39. The Balaban J connectivity index is 2.02. The molecule has 0 unspecified atom stereocenters. The fourth-order valence-corrected chi connectivity index (χ4v) is 2.49. The Kier molecular flexibility index (Phi) is 3.82. The van der Waals surface area contributed by atoms with E-state index in [-0.39, 0.29) is 5.75 Å². The molecule has 0 aliphatic heterocycles. The van der Waals surface area contributed by atoms with Crippen LogP contribution in [-0.2, 0) is 5.75 Å². The molecule has 0 aliphatic carbocycles. The molecule has 0 amide bonds. The lowest BCUT2D eigenvalue weighted by Gasteiger charge is -2.04. The number of nitrogen functional groups attached to an aromatic ring is 1. The molecule has 2 rings (SSSR count). The van der Waals surface area contributed by atoms with Crippen molar-refractivity contribution >= 4 is 29.1 Å². The average Bonchev–Trinajstić information content (AvgIpc) is 2.33. The third-order valence-electron chi connectivity index (χ3n) is 2.31. The van der Waals surface area contributed by atoms with Crippen molar-refractivity contribution in [2.45, 2.75) is 10.6 Å². The molecule has 3 N–H and O–H groups in total. The number of aromatic hydroxyl groups is 1. The molecule has 0 atom stereocenters. The monoisotopic (exact) mass is 265 g/mol. The molecule has 17 heavy (non-hydrogen) atoms. The number of halogens is 1. The van der Waals surface area contributed by atoms with E-state index in [2.05, 4.69) is 0 Å². The van der Waals surface area contributed by atoms with Gasteiger partial charge in [-0.05, 0) is 35.9 Å². The lowest BCUT2D eigenvalue weighted by Crippen LogP contribution is -1.86. The fourth-order valence-electron chi connectivity index (χ4n) is 1.36. The first-order chi connectivity index (χ1) is 8.15. The zero-order valence-electron chi connectivity index (χ0n) is 9.06. The summed E-state index contributed by atoms with van der Waals surface area (Å²) in [5.74, 6) is 1.12. The fraction of sp³-hybridized carbons (Fsp3) is 0.0769. The van der Waals surface area contributed by atoms with E-state index in [1.807, 2.05) is 30.3 Å². The number of rotatable bonds is 3. The van der Waals surface area contributed by atoms with Crippen LogP contribution in [0.1, 0.15) is 5.56 Å². The predicted molar refractivity (Wildman–Crippen MR) is 73.5 cm³/mol. The second-order valence-corrected chi connectivity index (χ2v) is 5.09. The van der Waals surface area contributed by atoms with Crippen LogP contribution in [0.25, 0.3) is 0 Å². The highest BCUT2D eigenvalue weighted by atomic mass is 35.5. The van der Waals surface area contributed by atoms with E-state index in [4.69, 9.17) is 17.3 Å². The topological polar surface area (TPSA) is 46.2 Å². The van der Waals surface area contributed by atoms with Crippen molar-refractivity contribution in [3.8, 4) is 5.75 Å². The van der Waals surface area contributed by atoms with Gasteiger partial charge in [0.2, 0.25) is 0 Å². The summed E-state index contributed by atoms with van der Waals surface area (Å²) >= 11 is 7.63. The summed E-state index contributed by atoms with van der Waals surface area (Å²) in [5, 5.41) is 9.75. The number of thioether (sulfide) groups is 1. The number of hydrogen-bond donors (Lipinski definition) is 2. The molecule has 0 bridgehead atoms. The van der Waals surface area contributed by atoms with Gasteiger partial charge in [0.1, 0.15) is 5.75 Å². The van der Waals surface area contributed by atoms with Gasteiger partial charge in [0, 0.05) is 10.6 Å². The average molecular weight is 266 g/mol. The van der Waals surface area contributed by atoms with Gasteiger partial charge in [0.15, 0.2) is 0 Å². The van der Waals surface area contributed by atoms with E-state index < -0.39 is 0 Å². The molecule has 2 nitrogen and oxygen atoms in total. The molecule has 88 valence electrons. The molecule has 4 heteroatoms. The van der Waals surface area contributed by atoms with Crippen LogP contribution in [0.15, 0.2) is 47.4 Å². The van der Waals surface area contributed by atoms with E-state index >= 15 is 0 Å². The van der Waals surface area contributed by atoms with Gasteiger partial charge in [0.05, 0.1) is 10.7 Å². The first kappa shape index (κ1) is 12.1. The number of anilines is 1. The smallest absolute Gasteiger partial charge is 0.115 e. The van der Waals surface area contributed by atoms with Gasteiger partial charge in [-0.15, -0.1) is 11.8 Å². The molecule has 0 radical (unpaired) electrons. The van der Waals surface area contributed by atoms with Gasteiger partial charge in [-0.25, -0.2) is 0 Å². The highest BCUT2D eigenvalue weighted by molar-refractivity contribution is 7.98. The summed E-state index contributed by atoms with van der Waals surface area (Å²) < 4.78 is 0. The van der Waals surface area contributed by atoms with Crippen molar-refractivity contribution in [1.82, 2.24) is 0 Å². The third-order valence-corrected chi connectivity index (χ3v) is 3.71. The van der Waals surface area contributed by atoms with Crippen LogP contribution in [0, 0.1) is 0 Å². The van der Waals surface area contributed by atoms with E-state index in [0.29, 0.717) is 10.7 Å². The summed E-state index contributed by atoms with van der Waals surface area (Å²) in [4.78, 5) is 1.08. The minimum atomic E-state index is 0.286. The Bertz CT molecular complexity index is 513. The van der Waals surface area contributed by atoms with Crippen LogP contribution in [0.5, 0.6) is 5.75 Å². The Hall–Kier alpha value is -1.32. The van der Waals surface area contributed by atoms with Crippen LogP contribution in [0.2, 0.25) is 5.02 Å². The molecule has 0 spiro atoms. The van der Waals surface area contributed by atoms with Crippen LogP contribution in [0.4, 0.5) is 5.69 Å². The summed E-state index contributed by atoms with van der Waals surface area (Å²) in [7, 11) is 0. The number of benzene rings is 2. The van der Waals surface area contributed by atoms with Crippen LogP contribution >= 0.6 is 23.4 Å². The molecule has 0 aliphatic rings. The zero-order chi connectivity index (χ0) is 12.3. The Labute approximate surface area is 109 Å². The molecular weight excluding hydrogens is 254 g/mol. The first-order valence-electron chi connectivity index (χ1n) is 5.11. The maximum atomic E-state index is 9.17. The van der Waals surface area contributed by atoms with Crippen molar-refractivity contribution in [3.05, 3.63) is 53.1 Å². The summed E-state index contributed by atoms with van der Waals surface area (Å²) in [6.07, 6.45) is 0. The maximum absolute atomic E-state index is 9.17. The minimum Gasteiger partial charge on any atom is -0.508 e. The largest absolute Gasteiger partial charge is 0.508 e. The standard InChI is InChI=1S/C13H12ClNOS/c14-12-7-11(5-6-13(12)15)17-8-9-1-3-10(16)4-2-9/h1-7,16H,8,15H2. The van der Waals surface area contributed by atoms with Gasteiger partial charge in [-0.2, -0.15) is 0 Å². The summed E-state index contributed by atoms with van der Waals surface area (Å²) in [6.45, 7) is 0. The van der Waals surface area contributed by atoms with Crippen molar-refractivity contribution in [1.29, 1.82) is 0 Å². The lowest BCUT2D eigenvalue weighted by atomic mass is 10.2. The molecule has 2 aromatic carbocycles. The van der Waals surface area contributed by atoms with E-state index in [1.165, 1.54) is 0 Å². The molecule has 0 saturated heterocycles. The van der Waals surface area contributed by atoms with E-state index in [9.17, 15) is 5.11 Å². The molecule has 2 aromatic rings. The second-order valence-electron chi connectivity index (χ2n) is 3.64. The van der Waals surface area contributed by atoms with E-state index in [1.54, 1.807) is 23.9 Å². The normalized spacial score (nSPS) is 10.4. The molecular formula is C13H12ClNOS. The third kappa shape index (κ3) is 3.32. The number of phenolic OH excluding ortho intramolecular Hbond substituents is 1. The van der Waals surface area contributed by atoms with Crippen molar-refractivity contribution < 1.29 is 5.11 Å². The van der Waals surface area contributed by atoms with E-state index in [0.717, 1.165) is 16.2 Å². The number of hydrogen-bond acceptors (Lipinski definition) is 3. The molecule has 0 heterocycles. The maximum Gasteiger partial charge on any atom is 0.115 e. The van der Waals surface area contributed by atoms with Crippen molar-refractivity contribution in [3.63, 3.8) is 0 Å². The van der Waals surface area contributed by atoms with Crippen LogP contribution in [0.3, 0.4) is 0 Å². The Morgan fingerprint density at radius 2 is 1.82 bits per heavy atom.